The van der Waals surface area contributed by atoms with Crippen molar-refractivity contribution in [3.8, 4) is 0 Å². The average Bonchev–Trinajstić information content (AvgIpc) is 3.20. The van der Waals surface area contributed by atoms with Crippen LogP contribution >= 0.6 is 0 Å². The van der Waals surface area contributed by atoms with E-state index in [0.717, 1.165) is 22.1 Å². The van der Waals surface area contributed by atoms with Crippen LogP contribution in [0.2, 0.25) is 0 Å². The van der Waals surface area contributed by atoms with E-state index in [9.17, 15) is 4.79 Å². The van der Waals surface area contributed by atoms with Crippen molar-refractivity contribution < 1.29 is 9.21 Å². The van der Waals surface area contributed by atoms with Crippen LogP contribution in [0.1, 0.15) is 21.8 Å². The number of rotatable bonds is 5. The van der Waals surface area contributed by atoms with Crippen molar-refractivity contribution >= 4 is 16.7 Å². The molecule has 1 amide bonds. The molecule has 4 aromatic rings. The number of amides is 1. The monoisotopic (exact) mass is 343 g/mol. The molecular formula is C21H17N3O2. The fourth-order valence-corrected chi connectivity index (χ4v) is 2.94. The molecule has 0 fully saturated rings. The Bertz CT molecular complexity index is 1010. The molecule has 3 heterocycles. The van der Waals surface area contributed by atoms with E-state index in [1.807, 2.05) is 54.6 Å². The van der Waals surface area contributed by atoms with Gasteiger partial charge in [0.25, 0.3) is 5.91 Å². The SMILES string of the molecule is O=C(c1nccc2ccccc12)N(Cc1cccnc1)Cc1ccco1. The fraction of sp³-hybridized carbons (Fsp3) is 0.0952. The summed E-state index contributed by atoms with van der Waals surface area (Å²) >= 11 is 0. The van der Waals surface area contributed by atoms with E-state index < -0.39 is 0 Å². The highest BCUT2D eigenvalue weighted by atomic mass is 16.3. The largest absolute Gasteiger partial charge is 0.467 e. The Morgan fingerprint density at radius 1 is 0.962 bits per heavy atom. The van der Waals surface area contributed by atoms with E-state index in [1.165, 1.54) is 0 Å². The molecule has 3 aromatic heterocycles. The van der Waals surface area contributed by atoms with Crippen molar-refractivity contribution in [1.29, 1.82) is 0 Å². The smallest absolute Gasteiger partial charge is 0.273 e. The zero-order chi connectivity index (χ0) is 17.8. The summed E-state index contributed by atoms with van der Waals surface area (Å²) in [5.41, 5.74) is 1.39. The second-order valence-electron chi connectivity index (χ2n) is 5.98. The van der Waals surface area contributed by atoms with Gasteiger partial charge in [-0.3, -0.25) is 14.8 Å². The zero-order valence-corrected chi connectivity index (χ0v) is 14.1. The lowest BCUT2D eigenvalue weighted by Gasteiger charge is -2.22. The van der Waals surface area contributed by atoms with Gasteiger partial charge in [0.2, 0.25) is 0 Å². The minimum atomic E-state index is -0.137. The first-order valence-corrected chi connectivity index (χ1v) is 8.35. The lowest BCUT2D eigenvalue weighted by atomic mass is 10.1. The number of pyridine rings is 2. The van der Waals surface area contributed by atoms with Gasteiger partial charge in [-0.25, -0.2) is 0 Å². The molecule has 0 saturated heterocycles. The van der Waals surface area contributed by atoms with Crippen LogP contribution in [-0.2, 0) is 13.1 Å². The summed E-state index contributed by atoms with van der Waals surface area (Å²) in [5, 5.41) is 1.83. The van der Waals surface area contributed by atoms with Gasteiger partial charge in [0.05, 0.1) is 12.8 Å². The zero-order valence-electron chi connectivity index (χ0n) is 14.1. The summed E-state index contributed by atoms with van der Waals surface area (Å²) in [4.78, 5) is 23.5. The van der Waals surface area contributed by atoms with Crippen molar-refractivity contribution in [2.24, 2.45) is 0 Å². The molecule has 0 bridgehead atoms. The van der Waals surface area contributed by atoms with Crippen LogP contribution in [0, 0.1) is 0 Å². The minimum Gasteiger partial charge on any atom is -0.467 e. The molecule has 0 N–H and O–H groups in total. The molecule has 1 aromatic carbocycles. The quantitative estimate of drug-likeness (QED) is 0.548. The average molecular weight is 343 g/mol. The molecule has 0 aliphatic heterocycles. The number of furan rings is 1. The van der Waals surface area contributed by atoms with Crippen LogP contribution < -0.4 is 0 Å². The van der Waals surface area contributed by atoms with Gasteiger partial charge in [0, 0.05) is 30.5 Å². The highest BCUT2D eigenvalue weighted by Gasteiger charge is 2.21. The van der Waals surface area contributed by atoms with E-state index >= 15 is 0 Å². The molecule has 0 aliphatic rings. The van der Waals surface area contributed by atoms with Crippen molar-refractivity contribution in [1.82, 2.24) is 14.9 Å². The van der Waals surface area contributed by atoms with Gasteiger partial charge < -0.3 is 9.32 Å². The number of fused-ring (bicyclic) bond motifs is 1. The Labute approximate surface area is 150 Å². The molecule has 0 saturated carbocycles. The molecule has 0 unspecified atom stereocenters. The van der Waals surface area contributed by atoms with Crippen LogP contribution in [0.3, 0.4) is 0 Å². The molecule has 0 radical (unpaired) electrons. The lowest BCUT2D eigenvalue weighted by molar-refractivity contribution is 0.0714. The van der Waals surface area contributed by atoms with Gasteiger partial charge in [-0.1, -0.05) is 30.3 Å². The number of hydrogen-bond acceptors (Lipinski definition) is 4. The highest BCUT2D eigenvalue weighted by Crippen LogP contribution is 2.20. The lowest BCUT2D eigenvalue weighted by Crippen LogP contribution is -2.30. The number of carbonyl (C=O) groups is 1. The van der Waals surface area contributed by atoms with Crippen molar-refractivity contribution in [2.45, 2.75) is 13.1 Å². The van der Waals surface area contributed by atoms with Gasteiger partial charge in [0.1, 0.15) is 11.5 Å². The molecule has 5 nitrogen and oxygen atoms in total. The van der Waals surface area contributed by atoms with Crippen LogP contribution in [0.15, 0.2) is 83.9 Å². The maximum atomic E-state index is 13.3. The maximum absolute atomic E-state index is 13.3. The Morgan fingerprint density at radius 3 is 2.69 bits per heavy atom. The summed E-state index contributed by atoms with van der Waals surface area (Å²) < 4.78 is 5.45. The second-order valence-corrected chi connectivity index (χ2v) is 5.98. The molecule has 0 spiro atoms. The third-order valence-corrected chi connectivity index (χ3v) is 4.19. The molecule has 0 atom stereocenters. The second kappa shape index (κ2) is 7.19. The van der Waals surface area contributed by atoms with Gasteiger partial charge in [-0.15, -0.1) is 0 Å². The van der Waals surface area contributed by atoms with E-state index in [4.69, 9.17) is 4.42 Å². The number of benzene rings is 1. The van der Waals surface area contributed by atoms with Crippen LogP contribution in [0.25, 0.3) is 10.8 Å². The Morgan fingerprint density at radius 2 is 1.88 bits per heavy atom. The fourth-order valence-electron chi connectivity index (χ4n) is 2.94. The summed E-state index contributed by atoms with van der Waals surface area (Å²) in [5.74, 6) is 0.588. The minimum absolute atomic E-state index is 0.137. The van der Waals surface area contributed by atoms with Gasteiger partial charge in [0.15, 0.2) is 0 Å². The first-order valence-electron chi connectivity index (χ1n) is 8.35. The van der Waals surface area contributed by atoms with E-state index in [2.05, 4.69) is 9.97 Å². The van der Waals surface area contributed by atoms with Crippen LogP contribution in [-0.4, -0.2) is 20.8 Å². The Hall–Kier alpha value is -3.47. The molecule has 26 heavy (non-hydrogen) atoms. The van der Waals surface area contributed by atoms with Gasteiger partial charge >= 0.3 is 0 Å². The number of aromatic nitrogens is 2. The van der Waals surface area contributed by atoms with Gasteiger partial charge in [-0.05, 0) is 35.2 Å². The topological polar surface area (TPSA) is 59.2 Å². The number of nitrogens with zero attached hydrogens (tertiary/aromatic N) is 3. The van der Waals surface area contributed by atoms with E-state index in [1.54, 1.807) is 29.8 Å². The van der Waals surface area contributed by atoms with Crippen molar-refractivity contribution in [3.05, 3.63) is 96.5 Å². The highest BCUT2D eigenvalue weighted by molar-refractivity contribution is 6.05. The van der Waals surface area contributed by atoms with Crippen LogP contribution in [0.4, 0.5) is 0 Å². The maximum Gasteiger partial charge on any atom is 0.273 e. The predicted molar refractivity (Wildman–Crippen MR) is 98.3 cm³/mol. The Kier molecular flexibility index (Phi) is 4.43. The first kappa shape index (κ1) is 16.0. The molecule has 128 valence electrons. The third kappa shape index (κ3) is 3.32. The first-order chi connectivity index (χ1) is 12.8. The number of carbonyl (C=O) groups excluding carboxylic acids is 1. The summed E-state index contributed by atoms with van der Waals surface area (Å²) in [6, 6.07) is 17.2. The molecule has 5 heteroatoms. The standard InChI is InChI=1S/C21H17N3O2/c25-21(20-19-8-2-1-6-17(19)9-11-23-20)24(15-18-7-4-12-26-18)14-16-5-3-10-22-13-16/h1-13H,14-15H2. The summed E-state index contributed by atoms with van der Waals surface area (Å²) in [6.45, 7) is 0.796. The van der Waals surface area contributed by atoms with E-state index in [0.29, 0.717) is 18.8 Å². The van der Waals surface area contributed by atoms with Crippen molar-refractivity contribution in [3.63, 3.8) is 0 Å². The molecule has 4 rings (SSSR count). The Balaban J connectivity index is 1.71. The summed E-state index contributed by atoms with van der Waals surface area (Å²) in [7, 11) is 0. The molecule has 0 aliphatic carbocycles. The normalized spacial score (nSPS) is 10.8. The van der Waals surface area contributed by atoms with Crippen LogP contribution in [0.5, 0.6) is 0 Å². The molecular weight excluding hydrogens is 326 g/mol. The van der Waals surface area contributed by atoms with Gasteiger partial charge in [-0.2, -0.15) is 0 Å². The van der Waals surface area contributed by atoms with E-state index in [-0.39, 0.29) is 5.91 Å². The number of hydrogen-bond donors (Lipinski definition) is 0. The third-order valence-electron chi connectivity index (χ3n) is 4.19. The van der Waals surface area contributed by atoms with Crippen molar-refractivity contribution in [2.75, 3.05) is 0 Å². The predicted octanol–water partition coefficient (Wildman–Crippen LogP) is 4.07. The summed E-state index contributed by atoms with van der Waals surface area (Å²) in [6.07, 6.45) is 6.76.